The molecule has 78 valence electrons. The molecule has 0 aromatic carbocycles. The Morgan fingerprint density at radius 3 is 2.85 bits per heavy atom. The standard InChI is InChI=1S/C9H21N3S/c1-4-5-11-9(10)12-6-8(2)7-13-3/h8H,4-7H2,1-3H3,(H3,10,11,12). The molecule has 0 aliphatic heterocycles. The van der Waals surface area contributed by atoms with Gasteiger partial charge in [-0.2, -0.15) is 11.8 Å². The van der Waals surface area contributed by atoms with Crippen molar-refractivity contribution in [2.45, 2.75) is 20.3 Å². The molecule has 13 heavy (non-hydrogen) atoms. The maximum atomic E-state index is 5.64. The first-order chi connectivity index (χ1) is 6.20. The maximum Gasteiger partial charge on any atom is 0.188 e. The fraction of sp³-hybridized carbons (Fsp3) is 0.889. The largest absolute Gasteiger partial charge is 0.370 e. The summed E-state index contributed by atoms with van der Waals surface area (Å²) in [7, 11) is 0. The quantitative estimate of drug-likeness (QED) is 0.505. The second-order valence-electron chi connectivity index (χ2n) is 3.21. The molecule has 0 amide bonds. The van der Waals surface area contributed by atoms with Gasteiger partial charge in [0.15, 0.2) is 5.96 Å². The zero-order chi connectivity index (χ0) is 10.1. The first-order valence-electron chi connectivity index (χ1n) is 4.73. The summed E-state index contributed by atoms with van der Waals surface area (Å²) in [5.41, 5.74) is 5.64. The van der Waals surface area contributed by atoms with Crippen molar-refractivity contribution in [2.75, 3.05) is 25.1 Å². The average Bonchev–Trinajstić information content (AvgIpc) is 2.12. The van der Waals surface area contributed by atoms with Crippen LogP contribution in [0.1, 0.15) is 20.3 Å². The van der Waals surface area contributed by atoms with Crippen LogP contribution < -0.4 is 11.1 Å². The number of hydrogen-bond acceptors (Lipinski definition) is 2. The minimum Gasteiger partial charge on any atom is -0.370 e. The Hall–Kier alpha value is -0.380. The van der Waals surface area contributed by atoms with Gasteiger partial charge in [0.25, 0.3) is 0 Å². The van der Waals surface area contributed by atoms with Crippen LogP contribution in [0, 0.1) is 5.92 Å². The number of guanidine groups is 1. The molecule has 1 atom stereocenters. The molecule has 0 aromatic rings. The van der Waals surface area contributed by atoms with Gasteiger partial charge >= 0.3 is 0 Å². The van der Waals surface area contributed by atoms with Crippen molar-refractivity contribution in [1.29, 1.82) is 0 Å². The van der Waals surface area contributed by atoms with Gasteiger partial charge in [-0.25, -0.2) is 0 Å². The second-order valence-corrected chi connectivity index (χ2v) is 4.12. The molecule has 4 heteroatoms. The van der Waals surface area contributed by atoms with Crippen LogP contribution in [0.2, 0.25) is 0 Å². The number of nitrogens with two attached hydrogens (primary N) is 1. The molecular weight excluding hydrogens is 182 g/mol. The number of nitrogens with one attached hydrogen (secondary N) is 1. The monoisotopic (exact) mass is 203 g/mol. The molecule has 0 spiro atoms. The lowest BCUT2D eigenvalue weighted by atomic mass is 10.2. The lowest BCUT2D eigenvalue weighted by Gasteiger charge is -2.07. The number of aliphatic imine (C=N–C) groups is 1. The second kappa shape index (κ2) is 8.23. The minimum absolute atomic E-state index is 0.579. The summed E-state index contributed by atoms with van der Waals surface area (Å²) in [5.74, 6) is 2.33. The molecule has 3 N–H and O–H groups in total. The van der Waals surface area contributed by atoms with Crippen LogP contribution in [0.5, 0.6) is 0 Å². The fourth-order valence-electron chi connectivity index (χ4n) is 0.900. The number of rotatable bonds is 6. The molecule has 0 heterocycles. The number of nitrogens with zero attached hydrogens (tertiary/aromatic N) is 1. The Bertz CT molecular complexity index is 148. The Morgan fingerprint density at radius 1 is 1.62 bits per heavy atom. The van der Waals surface area contributed by atoms with Crippen LogP contribution in [-0.4, -0.2) is 31.1 Å². The van der Waals surface area contributed by atoms with E-state index in [1.165, 1.54) is 0 Å². The van der Waals surface area contributed by atoms with Gasteiger partial charge in [0.05, 0.1) is 0 Å². The summed E-state index contributed by atoms with van der Waals surface area (Å²) in [6, 6.07) is 0. The molecule has 3 nitrogen and oxygen atoms in total. The SMILES string of the molecule is CCCNC(N)=NCC(C)CSC. The molecular formula is C9H21N3S. The van der Waals surface area contributed by atoms with Crippen molar-refractivity contribution in [1.82, 2.24) is 5.32 Å². The van der Waals surface area contributed by atoms with E-state index in [0.29, 0.717) is 11.9 Å². The first kappa shape index (κ1) is 12.6. The molecule has 0 radical (unpaired) electrons. The smallest absolute Gasteiger partial charge is 0.188 e. The molecule has 0 saturated carbocycles. The topological polar surface area (TPSA) is 50.4 Å². The fourth-order valence-corrected chi connectivity index (χ4v) is 1.57. The normalized spacial score (nSPS) is 14.2. The highest BCUT2D eigenvalue weighted by Gasteiger charge is 1.99. The molecule has 0 saturated heterocycles. The van der Waals surface area contributed by atoms with Gasteiger partial charge in [0.2, 0.25) is 0 Å². The van der Waals surface area contributed by atoms with Gasteiger partial charge in [0, 0.05) is 13.1 Å². The van der Waals surface area contributed by atoms with Crippen LogP contribution in [0.25, 0.3) is 0 Å². The van der Waals surface area contributed by atoms with Crippen LogP contribution in [0.15, 0.2) is 4.99 Å². The van der Waals surface area contributed by atoms with Gasteiger partial charge in [-0.1, -0.05) is 13.8 Å². The molecule has 0 aromatic heterocycles. The van der Waals surface area contributed by atoms with Crippen molar-refractivity contribution < 1.29 is 0 Å². The van der Waals surface area contributed by atoms with E-state index in [-0.39, 0.29) is 0 Å². The zero-order valence-corrected chi connectivity index (χ0v) is 9.66. The number of thioether (sulfide) groups is 1. The predicted molar refractivity (Wildman–Crippen MR) is 62.3 cm³/mol. The summed E-state index contributed by atoms with van der Waals surface area (Å²) in [6.45, 7) is 6.03. The van der Waals surface area contributed by atoms with Crippen LogP contribution >= 0.6 is 11.8 Å². The van der Waals surface area contributed by atoms with Crippen LogP contribution in [0.3, 0.4) is 0 Å². The van der Waals surface area contributed by atoms with E-state index in [1.54, 1.807) is 0 Å². The van der Waals surface area contributed by atoms with E-state index in [1.807, 2.05) is 11.8 Å². The molecule has 0 rings (SSSR count). The summed E-state index contributed by atoms with van der Waals surface area (Å²) in [6.07, 6.45) is 3.19. The highest BCUT2D eigenvalue weighted by atomic mass is 32.2. The highest BCUT2D eigenvalue weighted by molar-refractivity contribution is 7.98. The lowest BCUT2D eigenvalue weighted by molar-refractivity contribution is 0.672. The summed E-state index contributed by atoms with van der Waals surface area (Å²) >= 11 is 1.85. The van der Waals surface area contributed by atoms with Crippen molar-refractivity contribution in [2.24, 2.45) is 16.6 Å². The van der Waals surface area contributed by atoms with E-state index in [2.05, 4.69) is 30.4 Å². The first-order valence-corrected chi connectivity index (χ1v) is 6.12. The van der Waals surface area contributed by atoms with E-state index >= 15 is 0 Å². The molecule has 0 aliphatic rings. The third-order valence-corrected chi connectivity index (χ3v) is 2.48. The van der Waals surface area contributed by atoms with E-state index < -0.39 is 0 Å². The average molecular weight is 203 g/mol. The van der Waals surface area contributed by atoms with Gasteiger partial charge in [-0.15, -0.1) is 0 Å². The van der Waals surface area contributed by atoms with Crippen LogP contribution in [-0.2, 0) is 0 Å². The Labute approximate surface area is 85.6 Å². The van der Waals surface area contributed by atoms with Crippen LogP contribution in [0.4, 0.5) is 0 Å². The third-order valence-electron chi connectivity index (χ3n) is 1.58. The summed E-state index contributed by atoms with van der Waals surface area (Å²) < 4.78 is 0. The summed E-state index contributed by atoms with van der Waals surface area (Å²) in [4.78, 5) is 4.25. The predicted octanol–water partition coefficient (Wildman–Crippen LogP) is 1.30. The molecule has 0 bridgehead atoms. The summed E-state index contributed by atoms with van der Waals surface area (Å²) in [5, 5.41) is 3.05. The Kier molecular flexibility index (Phi) is 7.99. The Balaban J connectivity index is 3.56. The van der Waals surface area contributed by atoms with E-state index in [0.717, 1.165) is 25.3 Å². The van der Waals surface area contributed by atoms with Crippen molar-refractivity contribution >= 4 is 17.7 Å². The lowest BCUT2D eigenvalue weighted by Crippen LogP contribution is -2.32. The minimum atomic E-state index is 0.579. The molecule has 1 unspecified atom stereocenters. The Morgan fingerprint density at radius 2 is 2.31 bits per heavy atom. The molecule has 0 fully saturated rings. The highest BCUT2D eigenvalue weighted by Crippen LogP contribution is 2.03. The van der Waals surface area contributed by atoms with Gasteiger partial charge in [-0.3, -0.25) is 4.99 Å². The maximum absolute atomic E-state index is 5.64. The van der Waals surface area contributed by atoms with E-state index in [4.69, 9.17) is 5.73 Å². The van der Waals surface area contributed by atoms with Gasteiger partial charge < -0.3 is 11.1 Å². The van der Waals surface area contributed by atoms with Crippen molar-refractivity contribution in [3.05, 3.63) is 0 Å². The van der Waals surface area contributed by atoms with Gasteiger partial charge in [0.1, 0.15) is 0 Å². The number of hydrogen-bond donors (Lipinski definition) is 2. The van der Waals surface area contributed by atoms with E-state index in [9.17, 15) is 0 Å². The van der Waals surface area contributed by atoms with Crippen molar-refractivity contribution in [3.8, 4) is 0 Å². The zero-order valence-electron chi connectivity index (χ0n) is 8.84. The van der Waals surface area contributed by atoms with Gasteiger partial charge in [-0.05, 0) is 24.3 Å². The molecule has 0 aliphatic carbocycles. The van der Waals surface area contributed by atoms with Crippen molar-refractivity contribution in [3.63, 3.8) is 0 Å². The third kappa shape index (κ3) is 7.96.